The van der Waals surface area contributed by atoms with Gasteiger partial charge >= 0.3 is 5.97 Å². The number of amides is 7. The number of benzene rings is 1. The van der Waals surface area contributed by atoms with Crippen molar-refractivity contribution in [3.63, 3.8) is 0 Å². The van der Waals surface area contributed by atoms with Crippen LogP contribution in [0.5, 0.6) is 5.75 Å². The number of methoxy groups -OCH3 is 1. The van der Waals surface area contributed by atoms with E-state index in [1.807, 2.05) is 13.8 Å². The molecule has 7 amide bonds. The van der Waals surface area contributed by atoms with Gasteiger partial charge in [0.2, 0.25) is 35.9 Å². The van der Waals surface area contributed by atoms with Gasteiger partial charge in [0.1, 0.15) is 54.1 Å². The normalized spacial score (nSPS) is 27.4. The maximum Gasteiger partial charge on any atom is 0.328 e. The van der Waals surface area contributed by atoms with Gasteiger partial charge < -0.3 is 46.1 Å². The molecule has 0 spiro atoms. The number of cyclic esters (lactones) is 1. The highest BCUT2D eigenvalue weighted by molar-refractivity contribution is 5.98. The molecule has 328 valence electrons. The van der Waals surface area contributed by atoms with Crippen molar-refractivity contribution in [3.8, 4) is 5.75 Å². The molecule has 0 bridgehead atoms. The SMILES string of the molecule is COc1ccc(CC2NC(=O)C(NC(=O)C(NC=O)C(C)C)C(C)OC(=O)C(C)N(C)C(=O)C(CC(C)C)NC(=O)C3CC(O)CNN3C(=O)C(C(C)C)NC2=O)cc1. The van der Waals surface area contributed by atoms with Gasteiger partial charge in [0, 0.05) is 26.4 Å². The quantitative estimate of drug-likeness (QED) is 0.104. The van der Waals surface area contributed by atoms with Crippen molar-refractivity contribution in [2.45, 2.75) is 129 Å². The lowest BCUT2D eigenvalue weighted by Gasteiger charge is -2.40. The van der Waals surface area contributed by atoms with Gasteiger partial charge in [-0.05, 0) is 55.7 Å². The van der Waals surface area contributed by atoms with Crippen LogP contribution in [0.2, 0.25) is 0 Å². The molecule has 1 aromatic carbocycles. The molecule has 7 N–H and O–H groups in total. The molecule has 2 heterocycles. The third-order valence-corrected chi connectivity index (χ3v) is 10.4. The second-order valence-electron chi connectivity index (χ2n) is 16.3. The minimum absolute atomic E-state index is 0.0908. The van der Waals surface area contributed by atoms with E-state index in [9.17, 15) is 43.5 Å². The maximum atomic E-state index is 14.4. The first-order valence-corrected chi connectivity index (χ1v) is 20.0. The van der Waals surface area contributed by atoms with Crippen LogP contribution >= 0.6 is 0 Å². The number of carbonyl (C=O) groups excluding carboxylic acids is 8. The average Bonchev–Trinajstić information content (AvgIpc) is 3.18. The Morgan fingerprint density at radius 1 is 0.932 bits per heavy atom. The number of β-amino-alcohol motifs (C(OH)–C–C–N with tert-alkyl or cyclic N) is 1. The Labute approximate surface area is 345 Å². The number of rotatable bonds is 11. The van der Waals surface area contributed by atoms with E-state index in [1.54, 1.807) is 52.0 Å². The number of hydrazine groups is 1. The Morgan fingerprint density at radius 3 is 2.12 bits per heavy atom. The van der Waals surface area contributed by atoms with Crippen molar-refractivity contribution in [1.29, 1.82) is 0 Å². The molecule has 0 radical (unpaired) electrons. The second kappa shape index (κ2) is 21.6. The fraction of sp³-hybridized carbons (Fsp3) is 0.650. The van der Waals surface area contributed by atoms with Crippen LogP contribution in [-0.4, -0.2) is 138 Å². The van der Waals surface area contributed by atoms with E-state index in [0.717, 1.165) is 9.91 Å². The van der Waals surface area contributed by atoms with Gasteiger partial charge in [0.25, 0.3) is 5.91 Å². The van der Waals surface area contributed by atoms with E-state index in [1.165, 1.54) is 28.0 Å². The number of likely N-dealkylation sites (N-methyl/N-ethyl adjacent to an activating group) is 1. The molecular formula is C40H62N8O11. The summed E-state index contributed by atoms with van der Waals surface area (Å²) < 4.78 is 11.0. The standard InChI is InChI=1S/C40H62N8O11/c1-20(2)15-29-38(55)47(9)23(7)40(57)59-24(8)33(46-36(53)31(21(3)4)41-19-49)37(54)43-28(16-25-11-13-27(58-10)14-12-25)34(51)45-32(22(5)6)39(56)48-30(35(52)44-29)17-26(50)18-42-48/h11-14,19-24,26,28-33,42,50H,15-18H2,1-10H3,(H,41,49)(H,43,54)(H,44,52)(H,45,51)(H,46,53). The van der Waals surface area contributed by atoms with Crippen molar-refractivity contribution < 1.29 is 52.9 Å². The summed E-state index contributed by atoms with van der Waals surface area (Å²) in [6.07, 6.45) is -2.26. The highest BCUT2D eigenvalue weighted by Crippen LogP contribution is 2.20. The Bertz CT molecular complexity index is 1670. The van der Waals surface area contributed by atoms with Crippen molar-refractivity contribution in [2.24, 2.45) is 17.8 Å². The highest BCUT2D eigenvalue weighted by atomic mass is 16.5. The molecule has 9 atom stereocenters. The first kappa shape index (κ1) is 48.1. The zero-order valence-electron chi connectivity index (χ0n) is 35.6. The van der Waals surface area contributed by atoms with Gasteiger partial charge in [-0.15, -0.1) is 0 Å². The number of ether oxygens (including phenoxy) is 2. The van der Waals surface area contributed by atoms with E-state index in [-0.39, 0.29) is 31.7 Å². The summed E-state index contributed by atoms with van der Waals surface area (Å²) in [5, 5.41) is 24.8. The number of aliphatic hydroxyl groups is 1. The summed E-state index contributed by atoms with van der Waals surface area (Å²) >= 11 is 0. The van der Waals surface area contributed by atoms with Crippen molar-refractivity contribution in [2.75, 3.05) is 20.7 Å². The predicted octanol–water partition coefficient (Wildman–Crippen LogP) is -1.09. The summed E-state index contributed by atoms with van der Waals surface area (Å²) in [7, 11) is 2.84. The van der Waals surface area contributed by atoms with Crippen LogP contribution in [0.4, 0.5) is 0 Å². The van der Waals surface area contributed by atoms with Gasteiger partial charge in [-0.2, -0.15) is 0 Å². The number of esters is 1. The van der Waals surface area contributed by atoms with Gasteiger partial charge in [-0.3, -0.25) is 38.6 Å². The van der Waals surface area contributed by atoms with E-state index in [2.05, 4.69) is 32.0 Å². The van der Waals surface area contributed by atoms with Crippen molar-refractivity contribution >= 4 is 47.8 Å². The fourth-order valence-corrected chi connectivity index (χ4v) is 6.79. The summed E-state index contributed by atoms with van der Waals surface area (Å²) in [6.45, 7) is 13.0. The van der Waals surface area contributed by atoms with E-state index < -0.39 is 108 Å². The number of hydrogen-bond donors (Lipinski definition) is 7. The zero-order valence-corrected chi connectivity index (χ0v) is 35.6. The van der Waals surface area contributed by atoms with Crippen LogP contribution in [0.1, 0.15) is 73.8 Å². The lowest BCUT2D eigenvalue weighted by Crippen LogP contribution is -2.67. The summed E-state index contributed by atoms with van der Waals surface area (Å²) in [5.41, 5.74) is 3.38. The smallest absolute Gasteiger partial charge is 0.328 e. The number of hydrogen-bond acceptors (Lipinski definition) is 12. The molecule has 9 unspecified atom stereocenters. The van der Waals surface area contributed by atoms with Gasteiger partial charge in [0.05, 0.1) is 13.2 Å². The lowest BCUT2D eigenvalue weighted by atomic mass is 9.97. The Kier molecular flexibility index (Phi) is 17.6. The highest BCUT2D eigenvalue weighted by Gasteiger charge is 2.43. The van der Waals surface area contributed by atoms with Crippen LogP contribution in [0, 0.1) is 17.8 Å². The molecule has 0 aromatic heterocycles. The molecule has 2 saturated heterocycles. The first-order chi connectivity index (χ1) is 27.7. The molecule has 1 aromatic rings. The van der Waals surface area contributed by atoms with E-state index in [0.29, 0.717) is 17.7 Å². The largest absolute Gasteiger partial charge is 0.497 e. The van der Waals surface area contributed by atoms with Crippen molar-refractivity contribution in [3.05, 3.63) is 29.8 Å². The Hall–Kier alpha value is -5.30. The van der Waals surface area contributed by atoms with Gasteiger partial charge in [-0.1, -0.05) is 53.7 Å². The third kappa shape index (κ3) is 12.8. The topological polar surface area (TPSA) is 254 Å². The maximum absolute atomic E-state index is 14.4. The monoisotopic (exact) mass is 830 g/mol. The molecule has 2 fully saturated rings. The second-order valence-corrected chi connectivity index (χ2v) is 16.3. The van der Waals surface area contributed by atoms with Crippen LogP contribution < -0.4 is 36.7 Å². The Balaban J connectivity index is 2.20. The fourth-order valence-electron chi connectivity index (χ4n) is 6.79. The number of nitrogens with zero attached hydrogens (tertiary/aromatic N) is 2. The summed E-state index contributed by atoms with van der Waals surface area (Å²) in [6, 6.07) is -2.47. The number of nitrogens with one attached hydrogen (secondary N) is 6. The van der Waals surface area contributed by atoms with E-state index in [4.69, 9.17) is 9.47 Å². The zero-order chi connectivity index (χ0) is 44.3. The molecule has 19 nitrogen and oxygen atoms in total. The molecule has 59 heavy (non-hydrogen) atoms. The predicted molar refractivity (Wildman–Crippen MR) is 214 cm³/mol. The van der Waals surface area contributed by atoms with Crippen LogP contribution in [0.3, 0.4) is 0 Å². The van der Waals surface area contributed by atoms with Gasteiger partial charge in [0.15, 0.2) is 0 Å². The number of fused-ring (bicyclic) bond motifs is 1. The minimum atomic E-state index is -1.64. The van der Waals surface area contributed by atoms with Crippen LogP contribution in [0.15, 0.2) is 24.3 Å². The lowest BCUT2D eigenvalue weighted by molar-refractivity contribution is -0.161. The molecule has 2 aliphatic rings. The number of aliphatic hydroxyl groups excluding tert-OH is 1. The molecule has 3 rings (SSSR count). The molecule has 0 saturated carbocycles. The minimum Gasteiger partial charge on any atom is -0.497 e. The first-order valence-electron chi connectivity index (χ1n) is 20.0. The molecule has 19 heteroatoms. The Morgan fingerprint density at radius 2 is 1.56 bits per heavy atom. The number of carbonyl (C=O) groups is 8. The summed E-state index contributed by atoms with van der Waals surface area (Å²) in [4.78, 5) is 111. The van der Waals surface area contributed by atoms with Crippen LogP contribution in [0.25, 0.3) is 0 Å². The molecule has 0 aliphatic carbocycles. The average molecular weight is 831 g/mol. The van der Waals surface area contributed by atoms with Gasteiger partial charge in [-0.25, -0.2) is 10.2 Å². The third-order valence-electron chi connectivity index (χ3n) is 10.4. The molecule has 2 aliphatic heterocycles. The van der Waals surface area contributed by atoms with E-state index >= 15 is 0 Å². The van der Waals surface area contributed by atoms with Crippen molar-refractivity contribution in [1.82, 2.24) is 41.9 Å². The molecular weight excluding hydrogens is 768 g/mol. The van der Waals surface area contributed by atoms with Crippen LogP contribution in [-0.2, 0) is 49.5 Å². The summed E-state index contributed by atoms with van der Waals surface area (Å²) in [5.74, 6) is -6.18.